The molecule has 0 aliphatic heterocycles. The van der Waals surface area contributed by atoms with Crippen LogP contribution in [0.4, 0.5) is 5.69 Å². The van der Waals surface area contributed by atoms with Crippen molar-refractivity contribution in [3.63, 3.8) is 0 Å². The number of nitro groups is 1. The highest BCUT2D eigenvalue weighted by molar-refractivity contribution is 9.10. The minimum atomic E-state index is -3.81. The first-order valence-electron chi connectivity index (χ1n) is 8.48. The van der Waals surface area contributed by atoms with Crippen LogP contribution >= 0.6 is 15.9 Å². The summed E-state index contributed by atoms with van der Waals surface area (Å²) in [6.07, 6.45) is 0. The average molecular weight is 473 g/mol. The largest absolute Gasteiger partial charge is 0.496 e. The molecule has 10 heteroatoms. The van der Waals surface area contributed by atoms with Gasteiger partial charge >= 0.3 is 5.69 Å². The molecule has 0 unspecified atom stereocenters. The zero-order chi connectivity index (χ0) is 20.9. The van der Waals surface area contributed by atoms with Crippen LogP contribution in [-0.2, 0) is 16.6 Å². The van der Waals surface area contributed by atoms with Crippen LogP contribution in [0.2, 0.25) is 0 Å². The van der Waals surface area contributed by atoms with Gasteiger partial charge in [-0.1, -0.05) is 29.8 Å². The number of rotatable bonds is 9. The molecule has 28 heavy (non-hydrogen) atoms. The third kappa shape index (κ3) is 4.81. The van der Waals surface area contributed by atoms with Gasteiger partial charge in [0.2, 0.25) is 10.0 Å². The lowest BCUT2D eigenvalue weighted by molar-refractivity contribution is -0.386. The molecule has 2 aromatic carbocycles. The van der Waals surface area contributed by atoms with E-state index in [0.29, 0.717) is 11.3 Å². The lowest BCUT2D eigenvalue weighted by Crippen LogP contribution is -2.30. The number of hydrogen-bond acceptors (Lipinski definition) is 6. The number of methoxy groups -OCH3 is 1. The summed E-state index contributed by atoms with van der Waals surface area (Å²) in [5, 5.41) is 11.5. The molecule has 0 radical (unpaired) electrons. The first-order chi connectivity index (χ1) is 13.2. The molecule has 0 aromatic heterocycles. The van der Waals surface area contributed by atoms with Crippen LogP contribution in [-0.4, -0.2) is 37.8 Å². The van der Waals surface area contributed by atoms with E-state index < -0.39 is 20.6 Å². The minimum absolute atomic E-state index is 0.0194. The summed E-state index contributed by atoms with van der Waals surface area (Å²) in [7, 11) is -2.29. The number of ether oxygens (including phenoxy) is 2. The van der Waals surface area contributed by atoms with Gasteiger partial charge < -0.3 is 9.47 Å². The monoisotopic (exact) mass is 472 g/mol. The number of sulfonamides is 1. The molecule has 0 N–H and O–H groups in total. The molecule has 0 heterocycles. The number of hydrogen-bond donors (Lipinski definition) is 0. The summed E-state index contributed by atoms with van der Waals surface area (Å²) in [4.78, 5) is 10.7. The van der Waals surface area contributed by atoms with Gasteiger partial charge in [0.15, 0.2) is 5.75 Å². The van der Waals surface area contributed by atoms with E-state index in [-0.39, 0.29) is 30.3 Å². The fourth-order valence-electron chi connectivity index (χ4n) is 2.65. The van der Waals surface area contributed by atoms with Crippen LogP contribution in [0.1, 0.15) is 19.4 Å². The molecule has 0 atom stereocenters. The van der Waals surface area contributed by atoms with Crippen LogP contribution in [0.25, 0.3) is 0 Å². The maximum absolute atomic E-state index is 12.6. The van der Waals surface area contributed by atoms with Gasteiger partial charge in [0.1, 0.15) is 12.4 Å². The Hall–Kier alpha value is -2.17. The molecular weight excluding hydrogens is 452 g/mol. The molecule has 0 aliphatic rings. The van der Waals surface area contributed by atoms with Crippen LogP contribution in [0.3, 0.4) is 0 Å². The summed E-state index contributed by atoms with van der Waals surface area (Å²) < 4.78 is 38.2. The highest BCUT2D eigenvalue weighted by atomic mass is 79.9. The molecule has 0 fully saturated rings. The molecule has 0 amide bonds. The zero-order valence-corrected chi connectivity index (χ0v) is 18.1. The molecule has 2 rings (SSSR count). The van der Waals surface area contributed by atoms with Gasteiger partial charge in [0.05, 0.1) is 16.9 Å². The Labute approximate surface area is 172 Å². The summed E-state index contributed by atoms with van der Waals surface area (Å²) in [5.41, 5.74) is 0.271. The maximum atomic E-state index is 12.6. The average Bonchev–Trinajstić information content (AvgIpc) is 2.67. The van der Waals surface area contributed by atoms with E-state index in [0.717, 1.165) is 10.5 Å². The second-order valence-electron chi connectivity index (χ2n) is 5.72. The number of benzene rings is 2. The highest BCUT2D eigenvalue weighted by Crippen LogP contribution is 2.32. The Kier molecular flexibility index (Phi) is 7.39. The quantitative estimate of drug-likeness (QED) is 0.404. The molecule has 0 spiro atoms. The van der Waals surface area contributed by atoms with Gasteiger partial charge in [-0.25, -0.2) is 8.42 Å². The molecule has 0 saturated carbocycles. The van der Waals surface area contributed by atoms with Crippen LogP contribution in [0, 0.1) is 10.1 Å². The van der Waals surface area contributed by atoms with Crippen molar-refractivity contribution in [1.29, 1.82) is 0 Å². The van der Waals surface area contributed by atoms with Gasteiger partial charge in [-0.05, 0) is 30.3 Å². The van der Waals surface area contributed by atoms with Crippen molar-refractivity contribution in [1.82, 2.24) is 4.31 Å². The third-order valence-electron chi connectivity index (χ3n) is 4.10. The number of nitrogens with zero attached hydrogens (tertiary/aromatic N) is 2. The zero-order valence-electron chi connectivity index (χ0n) is 15.7. The van der Waals surface area contributed by atoms with E-state index in [4.69, 9.17) is 9.47 Å². The molecule has 0 saturated heterocycles. The van der Waals surface area contributed by atoms with E-state index >= 15 is 0 Å². The van der Waals surface area contributed by atoms with Crippen molar-refractivity contribution in [2.45, 2.75) is 25.3 Å². The Balaban J connectivity index is 2.37. The Morgan fingerprint density at radius 1 is 1.11 bits per heavy atom. The molecule has 0 aliphatic carbocycles. The van der Waals surface area contributed by atoms with E-state index in [1.165, 1.54) is 23.5 Å². The minimum Gasteiger partial charge on any atom is -0.496 e. The molecule has 0 bridgehead atoms. The first-order valence-corrected chi connectivity index (χ1v) is 10.7. The predicted octanol–water partition coefficient (Wildman–Crippen LogP) is 3.98. The second kappa shape index (κ2) is 9.35. The summed E-state index contributed by atoms with van der Waals surface area (Å²) in [6.45, 7) is 3.98. The molecule has 2 aromatic rings. The van der Waals surface area contributed by atoms with Crippen molar-refractivity contribution in [2.75, 3.05) is 20.2 Å². The summed E-state index contributed by atoms with van der Waals surface area (Å²) in [5.74, 6) is 0.553. The van der Waals surface area contributed by atoms with Crippen molar-refractivity contribution in [3.05, 3.63) is 56.5 Å². The lowest BCUT2D eigenvalue weighted by atomic mass is 10.2. The molecular formula is C18H21BrN2O6S. The normalized spacial score (nSPS) is 11.5. The SMILES string of the molecule is CCN(CC)S(=O)(=O)c1ccc(OCc2cc(Br)ccc2OC)c([N+](=O)[O-])c1. The maximum Gasteiger partial charge on any atom is 0.312 e. The van der Waals surface area contributed by atoms with Crippen molar-refractivity contribution in [3.8, 4) is 11.5 Å². The number of nitro benzene ring substituents is 1. The Bertz CT molecular complexity index is 961. The standard InChI is InChI=1S/C18H21BrN2O6S/c1-4-20(5-2)28(24,25)15-7-9-18(16(11-15)21(22)23)27-12-13-10-14(19)6-8-17(13)26-3/h6-11H,4-5,12H2,1-3H3. The second-order valence-corrected chi connectivity index (χ2v) is 8.57. The fourth-order valence-corrected chi connectivity index (χ4v) is 4.54. The van der Waals surface area contributed by atoms with Crippen LogP contribution in [0.5, 0.6) is 11.5 Å². The number of halogens is 1. The lowest BCUT2D eigenvalue weighted by Gasteiger charge is -2.18. The Morgan fingerprint density at radius 3 is 2.32 bits per heavy atom. The van der Waals surface area contributed by atoms with Gasteiger partial charge in [-0.3, -0.25) is 10.1 Å². The van der Waals surface area contributed by atoms with E-state index in [1.807, 2.05) is 0 Å². The van der Waals surface area contributed by atoms with Crippen molar-refractivity contribution < 1.29 is 22.8 Å². The first kappa shape index (κ1) is 22.1. The summed E-state index contributed by atoms with van der Waals surface area (Å²) in [6, 6.07) is 8.98. The topological polar surface area (TPSA) is 99.0 Å². The van der Waals surface area contributed by atoms with Gasteiger partial charge in [0, 0.05) is 29.2 Å². The van der Waals surface area contributed by atoms with E-state index in [1.54, 1.807) is 32.0 Å². The Morgan fingerprint density at radius 2 is 1.75 bits per heavy atom. The van der Waals surface area contributed by atoms with Crippen LogP contribution < -0.4 is 9.47 Å². The van der Waals surface area contributed by atoms with Crippen LogP contribution in [0.15, 0.2) is 45.8 Å². The predicted molar refractivity (Wildman–Crippen MR) is 108 cm³/mol. The fraction of sp³-hybridized carbons (Fsp3) is 0.333. The molecule has 152 valence electrons. The summed E-state index contributed by atoms with van der Waals surface area (Å²) >= 11 is 3.36. The van der Waals surface area contributed by atoms with E-state index in [9.17, 15) is 18.5 Å². The van der Waals surface area contributed by atoms with Crippen molar-refractivity contribution >= 4 is 31.6 Å². The highest BCUT2D eigenvalue weighted by Gasteiger charge is 2.26. The molecule has 8 nitrogen and oxygen atoms in total. The van der Waals surface area contributed by atoms with Gasteiger partial charge in [0.25, 0.3) is 0 Å². The van der Waals surface area contributed by atoms with Gasteiger partial charge in [-0.2, -0.15) is 4.31 Å². The van der Waals surface area contributed by atoms with E-state index in [2.05, 4.69) is 15.9 Å². The third-order valence-corrected chi connectivity index (χ3v) is 6.64. The smallest absolute Gasteiger partial charge is 0.312 e. The van der Waals surface area contributed by atoms with Crippen molar-refractivity contribution in [2.24, 2.45) is 0 Å². The van der Waals surface area contributed by atoms with Gasteiger partial charge in [-0.15, -0.1) is 0 Å².